The van der Waals surface area contributed by atoms with Crippen LogP contribution < -0.4 is 10.1 Å². The zero-order chi connectivity index (χ0) is 22.4. The van der Waals surface area contributed by atoms with Gasteiger partial charge in [0.25, 0.3) is 11.6 Å². The molecule has 1 amide bonds. The number of nitrogens with zero attached hydrogens (tertiary/aromatic N) is 4. The number of carbonyl (C=O) groups excluding carboxylic acids is 1. The Balaban J connectivity index is 1.61. The third-order valence-corrected chi connectivity index (χ3v) is 5.40. The Morgan fingerprint density at radius 1 is 1.26 bits per heavy atom. The molecule has 1 heterocycles. The van der Waals surface area contributed by atoms with E-state index in [9.17, 15) is 14.9 Å². The summed E-state index contributed by atoms with van der Waals surface area (Å²) in [7, 11) is 1.75. The van der Waals surface area contributed by atoms with Crippen molar-refractivity contribution < 1.29 is 14.5 Å². The fraction of sp³-hybridized carbons (Fsp3) is 0.286. The van der Waals surface area contributed by atoms with Crippen molar-refractivity contribution in [2.75, 3.05) is 6.54 Å². The van der Waals surface area contributed by atoms with Gasteiger partial charge in [-0.3, -0.25) is 14.9 Å². The van der Waals surface area contributed by atoms with E-state index in [1.54, 1.807) is 23.7 Å². The molecule has 10 heteroatoms. The van der Waals surface area contributed by atoms with Gasteiger partial charge in [-0.05, 0) is 61.9 Å². The molecule has 0 aliphatic rings. The van der Waals surface area contributed by atoms with Gasteiger partial charge in [-0.2, -0.15) is 0 Å². The van der Waals surface area contributed by atoms with Crippen LogP contribution in [0.15, 0.2) is 58.8 Å². The smallest absolute Gasteiger partial charge is 0.284 e. The highest BCUT2D eigenvalue weighted by molar-refractivity contribution is 7.99. The number of ether oxygens (including phenoxy) is 1. The number of aromatic nitrogens is 3. The van der Waals surface area contributed by atoms with Crippen LogP contribution in [0.25, 0.3) is 0 Å². The van der Waals surface area contributed by atoms with Gasteiger partial charge in [0.2, 0.25) is 0 Å². The molecule has 0 fully saturated rings. The minimum absolute atomic E-state index is 0.111. The molecule has 31 heavy (non-hydrogen) atoms. The highest BCUT2D eigenvalue weighted by Crippen LogP contribution is 2.34. The van der Waals surface area contributed by atoms with E-state index in [1.165, 1.54) is 12.4 Å². The molecule has 0 radical (unpaired) electrons. The number of nitro benzene ring substituents is 1. The predicted molar refractivity (Wildman–Crippen MR) is 116 cm³/mol. The number of aryl methyl sites for hydroxylation is 1. The van der Waals surface area contributed by atoms with E-state index in [1.807, 2.05) is 38.1 Å². The van der Waals surface area contributed by atoms with Crippen LogP contribution in [0, 0.1) is 10.1 Å². The fourth-order valence-corrected chi connectivity index (χ4v) is 3.63. The molecule has 0 atom stereocenters. The lowest BCUT2D eigenvalue weighted by molar-refractivity contribution is -0.387. The summed E-state index contributed by atoms with van der Waals surface area (Å²) in [5.74, 6) is 0.437. The molecule has 0 saturated heterocycles. The third kappa shape index (κ3) is 6.05. The lowest BCUT2D eigenvalue weighted by Gasteiger charge is -2.10. The number of carbonyl (C=O) groups is 1. The van der Waals surface area contributed by atoms with E-state index in [0.29, 0.717) is 23.0 Å². The van der Waals surface area contributed by atoms with Gasteiger partial charge in [0.1, 0.15) is 12.1 Å². The summed E-state index contributed by atoms with van der Waals surface area (Å²) >= 11 is 1.12. The maximum atomic E-state index is 12.5. The number of hydrogen-bond donors (Lipinski definition) is 1. The first-order valence-electron chi connectivity index (χ1n) is 9.67. The van der Waals surface area contributed by atoms with Crippen molar-refractivity contribution in [2.45, 2.75) is 36.4 Å². The number of benzene rings is 2. The second-order valence-corrected chi connectivity index (χ2v) is 8.09. The number of hydrogen-bond acceptors (Lipinski definition) is 7. The maximum absolute atomic E-state index is 12.5. The Bertz CT molecular complexity index is 1070. The monoisotopic (exact) mass is 441 g/mol. The van der Waals surface area contributed by atoms with E-state index in [-0.39, 0.29) is 23.3 Å². The quantitative estimate of drug-likeness (QED) is 0.398. The first-order chi connectivity index (χ1) is 14.8. The van der Waals surface area contributed by atoms with Gasteiger partial charge in [0.15, 0.2) is 5.16 Å². The van der Waals surface area contributed by atoms with Crippen molar-refractivity contribution in [3.05, 3.63) is 70.0 Å². The SMILES string of the molecule is CC(C)Oc1ccc(CCNC(=O)c2ccc(Sc3nncn3C)c([N+](=O)[O-])c2)cc1. The zero-order valence-corrected chi connectivity index (χ0v) is 18.3. The molecule has 0 spiro atoms. The van der Waals surface area contributed by atoms with E-state index >= 15 is 0 Å². The molecular formula is C21H23N5O4S. The lowest BCUT2D eigenvalue weighted by Crippen LogP contribution is -2.25. The fourth-order valence-electron chi connectivity index (χ4n) is 2.78. The summed E-state index contributed by atoms with van der Waals surface area (Å²) in [6.45, 7) is 4.34. The molecule has 3 rings (SSSR count). The minimum atomic E-state index is -0.504. The Morgan fingerprint density at radius 3 is 2.61 bits per heavy atom. The third-order valence-electron chi connectivity index (χ3n) is 4.28. The van der Waals surface area contributed by atoms with Crippen molar-refractivity contribution in [1.29, 1.82) is 0 Å². The molecule has 0 bridgehead atoms. The normalized spacial score (nSPS) is 10.8. The number of rotatable bonds is 9. The van der Waals surface area contributed by atoms with Crippen LogP contribution in [0.4, 0.5) is 5.69 Å². The van der Waals surface area contributed by atoms with Crippen LogP contribution >= 0.6 is 11.8 Å². The summed E-state index contributed by atoms with van der Waals surface area (Å²) in [4.78, 5) is 23.9. The Hall–Kier alpha value is -3.40. The van der Waals surface area contributed by atoms with Crippen LogP contribution in [0.2, 0.25) is 0 Å². The molecule has 3 aromatic rings. The standard InChI is InChI=1S/C21H23N5O4S/c1-14(2)30-17-7-4-15(5-8-17)10-11-22-20(27)16-6-9-19(18(12-16)26(28)29)31-21-24-23-13-25(21)3/h4-9,12-14H,10-11H2,1-3H3,(H,22,27). The van der Waals surface area contributed by atoms with Gasteiger partial charge in [-0.15, -0.1) is 10.2 Å². The van der Waals surface area contributed by atoms with Gasteiger partial charge in [-0.1, -0.05) is 12.1 Å². The molecule has 0 aliphatic carbocycles. The Kier molecular flexibility index (Phi) is 7.24. The summed E-state index contributed by atoms with van der Waals surface area (Å²) in [5, 5.41) is 22.5. The van der Waals surface area contributed by atoms with Gasteiger partial charge < -0.3 is 14.6 Å². The van der Waals surface area contributed by atoms with Crippen LogP contribution in [-0.4, -0.2) is 38.2 Å². The summed E-state index contributed by atoms with van der Waals surface area (Å²) in [5.41, 5.74) is 1.13. The topological polar surface area (TPSA) is 112 Å². The maximum Gasteiger partial charge on any atom is 0.284 e. The van der Waals surface area contributed by atoms with Crippen molar-refractivity contribution in [3.8, 4) is 5.75 Å². The molecule has 1 aromatic heterocycles. The van der Waals surface area contributed by atoms with E-state index < -0.39 is 4.92 Å². The van der Waals surface area contributed by atoms with Crippen LogP contribution in [-0.2, 0) is 13.5 Å². The molecule has 162 valence electrons. The van der Waals surface area contributed by atoms with Crippen molar-refractivity contribution in [2.24, 2.45) is 7.05 Å². The molecule has 0 aliphatic heterocycles. The average molecular weight is 442 g/mol. The van der Waals surface area contributed by atoms with E-state index in [0.717, 1.165) is 23.1 Å². The molecule has 9 nitrogen and oxygen atoms in total. The van der Waals surface area contributed by atoms with Gasteiger partial charge >= 0.3 is 0 Å². The zero-order valence-electron chi connectivity index (χ0n) is 17.4. The number of nitro groups is 1. The van der Waals surface area contributed by atoms with Crippen molar-refractivity contribution in [3.63, 3.8) is 0 Å². The predicted octanol–water partition coefficient (Wildman–Crippen LogP) is 3.63. The van der Waals surface area contributed by atoms with Gasteiger partial charge in [0, 0.05) is 25.2 Å². The first-order valence-corrected chi connectivity index (χ1v) is 10.5. The van der Waals surface area contributed by atoms with E-state index in [4.69, 9.17) is 4.74 Å². The van der Waals surface area contributed by atoms with Crippen LogP contribution in [0.5, 0.6) is 5.75 Å². The largest absolute Gasteiger partial charge is 0.491 e. The minimum Gasteiger partial charge on any atom is -0.491 e. The van der Waals surface area contributed by atoms with Crippen molar-refractivity contribution >= 4 is 23.4 Å². The molecular weight excluding hydrogens is 418 g/mol. The highest BCUT2D eigenvalue weighted by atomic mass is 32.2. The summed E-state index contributed by atoms with van der Waals surface area (Å²) in [6.07, 6.45) is 2.26. The average Bonchev–Trinajstić information content (AvgIpc) is 3.13. The molecule has 0 unspecified atom stereocenters. The van der Waals surface area contributed by atoms with Crippen LogP contribution in [0.1, 0.15) is 29.8 Å². The summed E-state index contributed by atoms with van der Waals surface area (Å²) in [6, 6.07) is 12.1. The first kappa shape index (κ1) is 22.3. The lowest BCUT2D eigenvalue weighted by atomic mass is 10.1. The second-order valence-electron chi connectivity index (χ2n) is 7.08. The Morgan fingerprint density at radius 2 is 2.00 bits per heavy atom. The number of amides is 1. The van der Waals surface area contributed by atoms with Gasteiger partial charge in [-0.25, -0.2) is 0 Å². The molecule has 1 N–H and O–H groups in total. The second kappa shape index (κ2) is 10.1. The van der Waals surface area contributed by atoms with Gasteiger partial charge in [0.05, 0.1) is 15.9 Å². The highest BCUT2D eigenvalue weighted by Gasteiger charge is 2.20. The summed E-state index contributed by atoms with van der Waals surface area (Å²) < 4.78 is 7.28. The van der Waals surface area contributed by atoms with Crippen molar-refractivity contribution in [1.82, 2.24) is 20.1 Å². The molecule has 2 aromatic carbocycles. The van der Waals surface area contributed by atoms with E-state index in [2.05, 4.69) is 15.5 Å². The van der Waals surface area contributed by atoms with Crippen LogP contribution in [0.3, 0.4) is 0 Å². The molecule has 0 saturated carbocycles. The number of nitrogens with one attached hydrogen (secondary N) is 1. The Labute approximate surface area is 184 Å².